The van der Waals surface area contributed by atoms with Gasteiger partial charge in [0.2, 0.25) is 10.3 Å². The molecule has 0 aromatic carbocycles. The first-order valence-corrected chi connectivity index (χ1v) is 5.18. The van der Waals surface area contributed by atoms with E-state index in [2.05, 4.69) is 9.97 Å². The lowest BCUT2D eigenvalue weighted by Crippen LogP contribution is -2.01. The summed E-state index contributed by atoms with van der Waals surface area (Å²) in [5.74, 6) is 0.442. The summed E-state index contributed by atoms with van der Waals surface area (Å²) in [5.41, 5.74) is -0.432. The van der Waals surface area contributed by atoms with Crippen LogP contribution < -0.4 is 0 Å². The van der Waals surface area contributed by atoms with Gasteiger partial charge in [-0.1, -0.05) is 36.5 Å². The fourth-order valence-electron chi connectivity index (χ4n) is 1.04. The van der Waals surface area contributed by atoms with Crippen molar-refractivity contribution in [3.8, 4) is 0 Å². The molecule has 0 amide bonds. The van der Waals surface area contributed by atoms with Gasteiger partial charge in [-0.25, -0.2) is 9.97 Å². The van der Waals surface area contributed by atoms with Gasteiger partial charge >= 0.3 is 5.69 Å². The molecule has 0 saturated heterocycles. The Hall–Kier alpha value is -0.940. The van der Waals surface area contributed by atoms with Gasteiger partial charge in [-0.2, -0.15) is 0 Å². The Morgan fingerprint density at radius 1 is 1.33 bits per heavy atom. The number of halogens is 2. The minimum atomic E-state index is -0.686. The van der Waals surface area contributed by atoms with E-state index in [0.29, 0.717) is 12.2 Å². The van der Waals surface area contributed by atoms with E-state index in [0.717, 1.165) is 12.8 Å². The molecule has 0 fully saturated rings. The van der Waals surface area contributed by atoms with Crippen molar-refractivity contribution in [3.63, 3.8) is 0 Å². The van der Waals surface area contributed by atoms with Crippen LogP contribution in [0.2, 0.25) is 10.3 Å². The summed E-state index contributed by atoms with van der Waals surface area (Å²) in [5, 5.41) is 10.1. The van der Waals surface area contributed by atoms with Gasteiger partial charge in [0.1, 0.15) is 5.82 Å². The molecule has 0 bridgehead atoms. The molecule has 0 aliphatic carbocycles. The molecule has 82 valence electrons. The number of nitrogens with zero attached hydrogens (tertiary/aromatic N) is 3. The lowest BCUT2D eigenvalue weighted by molar-refractivity contribution is -0.385. The monoisotopic (exact) mass is 249 g/mol. The molecule has 1 aromatic rings. The van der Waals surface area contributed by atoms with Crippen molar-refractivity contribution in [2.75, 3.05) is 0 Å². The smallest absolute Gasteiger partial charge is 0.258 e. The molecule has 15 heavy (non-hydrogen) atoms. The SMILES string of the molecule is CCCCc1nc(Cl)c([N+](=O)[O-])c(Cl)n1. The van der Waals surface area contributed by atoms with Crippen LogP contribution in [0.3, 0.4) is 0 Å². The Kier molecular flexibility index (Phi) is 4.23. The Bertz CT molecular complexity index is 361. The minimum absolute atomic E-state index is 0.203. The predicted octanol–water partition coefficient (Wildman–Crippen LogP) is 3.03. The zero-order valence-electron chi connectivity index (χ0n) is 8.04. The molecular weight excluding hydrogens is 241 g/mol. The summed E-state index contributed by atoms with van der Waals surface area (Å²) < 4.78 is 0. The van der Waals surface area contributed by atoms with E-state index in [-0.39, 0.29) is 10.3 Å². The number of aryl methyl sites for hydroxylation is 1. The quantitative estimate of drug-likeness (QED) is 0.467. The molecule has 0 atom stereocenters. The summed E-state index contributed by atoms with van der Waals surface area (Å²) in [7, 11) is 0. The number of unbranched alkanes of at least 4 members (excludes halogenated alkanes) is 1. The molecule has 1 heterocycles. The van der Waals surface area contributed by atoms with Crippen LogP contribution in [-0.2, 0) is 6.42 Å². The Morgan fingerprint density at radius 2 is 1.87 bits per heavy atom. The van der Waals surface area contributed by atoms with Crippen molar-refractivity contribution < 1.29 is 4.92 Å². The van der Waals surface area contributed by atoms with E-state index >= 15 is 0 Å². The fourth-order valence-corrected chi connectivity index (χ4v) is 1.60. The van der Waals surface area contributed by atoms with E-state index in [1.165, 1.54) is 0 Å². The zero-order valence-corrected chi connectivity index (χ0v) is 9.55. The van der Waals surface area contributed by atoms with Crippen molar-refractivity contribution in [3.05, 3.63) is 26.2 Å². The number of nitro groups is 1. The molecule has 0 aliphatic rings. The third-order valence-corrected chi connectivity index (χ3v) is 2.31. The van der Waals surface area contributed by atoms with Gasteiger partial charge < -0.3 is 0 Å². The van der Waals surface area contributed by atoms with Gasteiger partial charge in [0, 0.05) is 6.42 Å². The molecular formula is C8H9Cl2N3O2. The number of hydrogen-bond donors (Lipinski definition) is 0. The van der Waals surface area contributed by atoms with Crippen molar-refractivity contribution >= 4 is 28.9 Å². The second-order valence-electron chi connectivity index (χ2n) is 2.93. The summed E-state index contributed by atoms with van der Waals surface area (Å²) >= 11 is 11.3. The molecule has 5 nitrogen and oxygen atoms in total. The van der Waals surface area contributed by atoms with Gasteiger partial charge in [0.05, 0.1) is 4.92 Å². The molecule has 1 aromatic heterocycles. The van der Waals surface area contributed by atoms with Crippen LogP contribution in [0, 0.1) is 10.1 Å². The molecule has 0 N–H and O–H groups in total. The van der Waals surface area contributed by atoms with Crippen LogP contribution in [0.25, 0.3) is 0 Å². The van der Waals surface area contributed by atoms with E-state index < -0.39 is 10.6 Å². The van der Waals surface area contributed by atoms with Gasteiger partial charge in [-0.15, -0.1) is 0 Å². The number of hydrogen-bond acceptors (Lipinski definition) is 4. The van der Waals surface area contributed by atoms with Gasteiger partial charge in [-0.05, 0) is 6.42 Å². The topological polar surface area (TPSA) is 68.9 Å². The van der Waals surface area contributed by atoms with E-state index in [9.17, 15) is 10.1 Å². The average Bonchev–Trinajstić information content (AvgIpc) is 2.12. The maximum atomic E-state index is 10.5. The summed E-state index contributed by atoms with van der Waals surface area (Å²) in [4.78, 5) is 17.5. The van der Waals surface area contributed by atoms with Crippen LogP contribution in [0.15, 0.2) is 0 Å². The lowest BCUT2D eigenvalue weighted by Gasteiger charge is -2.01. The van der Waals surface area contributed by atoms with Gasteiger partial charge in [0.25, 0.3) is 0 Å². The van der Waals surface area contributed by atoms with E-state index in [1.807, 2.05) is 6.92 Å². The van der Waals surface area contributed by atoms with Crippen molar-refractivity contribution in [2.45, 2.75) is 26.2 Å². The summed E-state index contributed by atoms with van der Waals surface area (Å²) in [6, 6.07) is 0. The van der Waals surface area contributed by atoms with Crippen molar-refractivity contribution in [1.82, 2.24) is 9.97 Å². The van der Waals surface area contributed by atoms with Crippen LogP contribution in [-0.4, -0.2) is 14.9 Å². The average molecular weight is 250 g/mol. The predicted molar refractivity (Wildman–Crippen MR) is 57.3 cm³/mol. The van der Waals surface area contributed by atoms with E-state index in [4.69, 9.17) is 23.2 Å². The third kappa shape index (κ3) is 3.00. The van der Waals surface area contributed by atoms with Crippen LogP contribution in [0.1, 0.15) is 25.6 Å². The second kappa shape index (κ2) is 5.23. The first-order chi connectivity index (χ1) is 7.06. The largest absolute Gasteiger partial charge is 0.343 e. The Labute approximate surface area is 96.6 Å². The maximum Gasteiger partial charge on any atom is 0.343 e. The van der Waals surface area contributed by atoms with Crippen molar-refractivity contribution in [2.24, 2.45) is 0 Å². The normalized spacial score (nSPS) is 10.3. The molecule has 0 radical (unpaired) electrons. The summed E-state index contributed by atoms with van der Waals surface area (Å²) in [6.07, 6.45) is 2.49. The minimum Gasteiger partial charge on any atom is -0.258 e. The van der Waals surface area contributed by atoms with Gasteiger partial charge in [0.15, 0.2) is 0 Å². The highest BCUT2D eigenvalue weighted by atomic mass is 35.5. The first kappa shape index (κ1) is 12.1. The van der Waals surface area contributed by atoms with Crippen LogP contribution in [0.4, 0.5) is 5.69 Å². The lowest BCUT2D eigenvalue weighted by atomic mass is 10.2. The third-order valence-electron chi connectivity index (χ3n) is 1.78. The Balaban J connectivity index is 3.03. The van der Waals surface area contributed by atoms with Crippen molar-refractivity contribution in [1.29, 1.82) is 0 Å². The van der Waals surface area contributed by atoms with E-state index in [1.54, 1.807) is 0 Å². The van der Waals surface area contributed by atoms with Crippen LogP contribution in [0.5, 0.6) is 0 Å². The molecule has 7 heteroatoms. The molecule has 0 aliphatic heterocycles. The maximum absolute atomic E-state index is 10.5. The Morgan fingerprint density at radius 3 is 2.27 bits per heavy atom. The zero-order chi connectivity index (χ0) is 11.4. The first-order valence-electron chi connectivity index (χ1n) is 4.42. The standard InChI is InChI=1S/C8H9Cl2N3O2/c1-2-3-4-5-11-7(9)6(13(14)15)8(10)12-5/h2-4H2,1H3. The van der Waals surface area contributed by atoms with Gasteiger partial charge in [-0.3, -0.25) is 10.1 Å². The molecule has 0 spiro atoms. The summed E-state index contributed by atoms with van der Waals surface area (Å²) in [6.45, 7) is 2.02. The molecule has 0 unspecified atom stereocenters. The van der Waals surface area contributed by atoms with Crippen LogP contribution >= 0.6 is 23.2 Å². The highest BCUT2D eigenvalue weighted by Crippen LogP contribution is 2.29. The highest BCUT2D eigenvalue weighted by molar-refractivity contribution is 6.36. The molecule has 0 saturated carbocycles. The molecule has 1 rings (SSSR count). The highest BCUT2D eigenvalue weighted by Gasteiger charge is 2.21. The fraction of sp³-hybridized carbons (Fsp3) is 0.500. The number of rotatable bonds is 4. The number of aromatic nitrogens is 2. The second-order valence-corrected chi connectivity index (χ2v) is 3.65.